The first-order chi connectivity index (χ1) is 9.18. The monoisotopic (exact) mass is 253 g/mol. The summed E-state index contributed by atoms with van der Waals surface area (Å²) in [5.74, 6) is 0.486. The van der Waals surface area contributed by atoms with E-state index in [1.807, 2.05) is 6.07 Å². The van der Waals surface area contributed by atoms with Crippen molar-refractivity contribution >= 4 is 10.9 Å². The summed E-state index contributed by atoms with van der Waals surface area (Å²) in [5.41, 5.74) is 0.362. The maximum atomic E-state index is 12.5. The molecule has 0 spiro atoms. The summed E-state index contributed by atoms with van der Waals surface area (Å²) in [6.45, 7) is 1.71. The van der Waals surface area contributed by atoms with Crippen LogP contribution in [0.5, 0.6) is 0 Å². The molecule has 1 N–H and O–H groups in total. The lowest BCUT2D eigenvalue weighted by molar-refractivity contribution is 0.878. The average molecular weight is 253 g/mol. The molecule has 0 unspecified atom stereocenters. The molecule has 5 heteroatoms. The summed E-state index contributed by atoms with van der Waals surface area (Å²) in [6, 6.07) is 10.4. The molecule has 2 aromatic heterocycles. The van der Waals surface area contributed by atoms with E-state index in [0.29, 0.717) is 16.7 Å². The van der Waals surface area contributed by atoms with Crippen molar-refractivity contribution in [3.05, 3.63) is 69.1 Å². The van der Waals surface area contributed by atoms with E-state index in [4.69, 9.17) is 0 Å². The molecule has 94 valence electrons. The molecule has 19 heavy (non-hydrogen) atoms. The van der Waals surface area contributed by atoms with Crippen LogP contribution in [0.15, 0.2) is 52.2 Å². The molecule has 0 aliphatic heterocycles. The molecule has 0 fully saturated rings. The van der Waals surface area contributed by atoms with Crippen molar-refractivity contribution in [3.8, 4) is 5.69 Å². The molecule has 0 saturated carbocycles. The summed E-state index contributed by atoms with van der Waals surface area (Å²) in [4.78, 5) is 31.2. The fraction of sp³-hybridized carbons (Fsp3) is 0.0714. The fourth-order valence-electron chi connectivity index (χ4n) is 2.12. The van der Waals surface area contributed by atoms with Gasteiger partial charge in [0.25, 0.3) is 11.1 Å². The Hall–Kier alpha value is -2.69. The van der Waals surface area contributed by atoms with E-state index in [2.05, 4.69) is 9.97 Å². The number of para-hydroxylation sites is 1. The number of hydrogen-bond donors (Lipinski definition) is 1. The minimum absolute atomic E-state index is 0.236. The molecule has 0 amide bonds. The summed E-state index contributed by atoms with van der Waals surface area (Å²) in [6.07, 6.45) is 1.53. The number of aryl methyl sites for hydroxylation is 1. The van der Waals surface area contributed by atoms with E-state index in [1.165, 1.54) is 10.8 Å². The van der Waals surface area contributed by atoms with E-state index >= 15 is 0 Å². The van der Waals surface area contributed by atoms with Gasteiger partial charge in [0, 0.05) is 6.20 Å². The fourth-order valence-corrected chi connectivity index (χ4v) is 2.12. The summed E-state index contributed by atoms with van der Waals surface area (Å²) < 4.78 is 1.33. The van der Waals surface area contributed by atoms with Crippen LogP contribution in [-0.4, -0.2) is 14.5 Å². The number of H-pyrrole nitrogens is 1. The lowest BCUT2D eigenvalue weighted by atomic mass is 10.2. The molecular weight excluding hydrogens is 242 g/mol. The molecule has 0 radical (unpaired) electrons. The Kier molecular flexibility index (Phi) is 2.52. The van der Waals surface area contributed by atoms with Crippen LogP contribution in [0.25, 0.3) is 16.6 Å². The number of benzene rings is 1. The number of rotatable bonds is 1. The van der Waals surface area contributed by atoms with Crippen LogP contribution in [-0.2, 0) is 0 Å². The topological polar surface area (TPSA) is 67.8 Å². The summed E-state index contributed by atoms with van der Waals surface area (Å²) in [5, 5.41) is 0.497. The Bertz CT molecular complexity index is 877. The van der Waals surface area contributed by atoms with E-state index < -0.39 is 0 Å². The molecule has 0 atom stereocenters. The molecule has 5 nitrogen and oxygen atoms in total. The van der Waals surface area contributed by atoms with Crippen molar-refractivity contribution in [1.29, 1.82) is 0 Å². The molecular formula is C14H11N3O2. The first-order valence-corrected chi connectivity index (χ1v) is 5.85. The Morgan fingerprint density at radius 2 is 1.89 bits per heavy atom. The highest BCUT2D eigenvalue weighted by atomic mass is 16.1. The van der Waals surface area contributed by atoms with Gasteiger partial charge in [0.2, 0.25) is 0 Å². The van der Waals surface area contributed by atoms with Crippen molar-refractivity contribution in [1.82, 2.24) is 14.5 Å². The van der Waals surface area contributed by atoms with Crippen molar-refractivity contribution in [2.75, 3.05) is 0 Å². The quantitative estimate of drug-likeness (QED) is 0.712. The zero-order valence-electron chi connectivity index (χ0n) is 10.3. The lowest BCUT2D eigenvalue weighted by Gasteiger charge is -2.09. The summed E-state index contributed by atoms with van der Waals surface area (Å²) in [7, 11) is 0. The van der Waals surface area contributed by atoms with Gasteiger partial charge in [-0.2, -0.15) is 0 Å². The maximum Gasteiger partial charge on any atom is 0.272 e. The number of aromatic amines is 1. The Morgan fingerprint density at radius 1 is 1.11 bits per heavy atom. The SMILES string of the molecule is Cc1nc2ccccc2c(=O)n1-c1ccc[nH]c1=O. The molecule has 0 aliphatic rings. The molecule has 1 aromatic carbocycles. The van der Waals surface area contributed by atoms with Gasteiger partial charge in [0.15, 0.2) is 0 Å². The van der Waals surface area contributed by atoms with Crippen LogP contribution >= 0.6 is 0 Å². The second kappa shape index (κ2) is 4.20. The van der Waals surface area contributed by atoms with E-state index in [0.717, 1.165) is 0 Å². The van der Waals surface area contributed by atoms with Crippen LogP contribution in [0.2, 0.25) is 0 Å². The van der Waals surface area contributed by atoms with Gasteiger partial charge >= 0.3 is 0 Å². The van der Waals surface area contributed by atoms with Crippen LogP contribution in [0.1, 0.15) is 5.82 Å². The third kappa shape index (κ3) is 1.76. The standard InChI is InChI=1S/C14H11N3O2/c1-9-16-11-6-3-2-5-10(11)14(19)17(9)12-7-4-8-15-13(12)18/h2-8H,1H3,(H,15,18). The van der Waals surface area contributed by atoms with Gasteiger partial charge in [0.05, 0.1) is 10.9 Å². The largest absolute Gasteiger partial charge is 0.327 e. The maximum absolute atomic E-state index is 12.5. The molecule has 0 aliphatic carbocycles. The van der Waals surface area contributed by atoms with Gasteiger partial charge < -0.3 is 4.98 Å². The van der Waals surface area contributed by atoms with Crippen molar-refractivity contribution in [2.24, 2.45) is 0 Å². The Balaban J connectivity index is 2.46. The van der Waals surface area contributed by atoms with E-state index in [1.54, 1.807) is 37.3 Å². The predicted octanol–water partition coefficient (Wildman–Crippen LogP) is 1.38. The van der Waals surface area contributed by atoms with Gasteiger partial charge in [-0.3, -0.25) is 14.2 Å². The Morgan fingerprint density at radius 3 is 2.68 bits per heavy atom. The zero-order valence-corrected chi connectivity index (χ0v) is 10.3. The zero-order chi connectivity index (χ0) is 13.4. The van der Waals surface area contributed by atoms with E-state index in [9.17, 15) is 9.59 Å². The molecule has 3 aromatic rings. The Labute approximate surface area is 108 Å². The highest BCUT2D eigenvalue weighted by molar-refractivity contribution is 5.77. The van der Waals surface area contributed by atoms with Crippen molar-refractivity contribution < 1.29 is 0 Å². The van der Waals surface area contributed by atoms with Gasteiger partial charge in [-0.15, -0.1) is 0 Å². The van der Waals surface area contributed by atoms with Crippen molar-refractivity contribution in [2.45, 2.75) is 6.92 Å². The van der Waals surface area contributed by atoms with Crippen LogP contribution in [0.4, 0.5) is 0 Å². The third-order valence-electron chi connectivity index (χ3n) is 2.98. The number of nitrogens with zero attached hydrogens (tertiary/aromatic N) is 2. The molecule has 0 saturated heterocycles. The second-order valence-electron chi connectivity index (χ2n) is 4.20. The number of pyridine rings is 1. The van der Waals surface area contributed by atoms with E-state index in [-0.39, 0.29) is 16.8 Å². The highest BCUT2D eigenvalue weighted by Gasteiger charge is 2.11. The van der Waals surface area contributed by atoms with Crippen LogP contribution in [0.3, 0.4) is 0 Å². The number of hydrogen-bond acceptors (Lipinski definition) is 3. The number of aromatic nitrogens is 3. The first-order valence-electron chi connectivity index (χ1n) is 5.85. The predicted molar refractivity (Wildman–Crippen MR) is 72.7 cm³/mol. The van der Waals surface area contributed by atoms with Crippen LogP contribution < -0.4 is 11.1 Å². The van der Waals surface area contributed by atoms with Gasteiger partial charge in [-0.1, -0.05) is 12.1 Å². The van der Waals surface area contributed by atoms with Crippen LogP contribution in [0, 0.1) is 6.92 Å². The smallest absolute Gasteiger partial charge is 0.272 e. The lowest BCUT2D eigenvalue weighted by Crippen LogP contribution is -2.27. The average Bonchev–Trinajstić information content (AvgIpc) is 2.41. The number of nitrogens with one attached hydrogen (secondary N) is 1. The minimum Gasteiger partial charge on any atom is -0.327 e. The van der Waals surface area contributed by atoms with Crippen molar-refractivity contribution in [3.63, 3.8) is 0 Å². The molecule has 0 bridgehead atoms. The first kappa shape index (κ1) is 11.4. The van der Waals surface area contributed by atoms with Gasteiger partial charge in [-0.25, -0.2) is 4.98 Å². The number of fused-ring (bicyclic) bond motifs is 1. The third-order valence-corrected chi connectivity index (χ3v) is 2.98. The molecule has 3 rings (SSSR count). The normalized spacial score (nSPS) is 10.8. The highest BCUT2D eigenvalue weighted by Crippen LogP contribution is 2.09. The summed E-state index contributed by atoms with van der Waals surface area (Å²) >= 11 is 0. The minimum atomic E-state index is -0.315. The van der Waals surface area contributed by atoms with Gasteiger partial charge in [0.1, 0.15) is 11.5 Å². The van der Waals surface area contributed by atoms with Gasteiger partial charge in [-0.05, 0) is 31.2 Å². The second-order valence-corrected chi connectivity index (χ2v) is 4.20. The molecule has 2 heterocycles.